The molecule has 1 aromatic carbocycles. The molecule has 23 heavy (non-hydrogen) atoms. The number of methoxy groups -OCH3 is 1. The Bertz CT molecular complexity index is 693. The summed E-state index contributed by atoms with van der Waals surface area (Å²) in [5, 5.41) is 4.72. The normalized spacial score (nSPS) is 14.9. The van der Waals surface area contributed by atoms with E-state index in [-0.39, 0.29) is 5.91 Å². The van der Waals surface area contributed by atoms with Gasteiger partial charge in [0.25, 0.3) is 5.91 Å². The zero-order valence-electron chi connectivity index (χ0n) is 13.5. The standard InChI is InChI=1S/C17H21N3O2S/c1-12-14(11-23-19-12)17(21)18-15-9-13(5-6-16(15)22-2)10-20-7-3-4-8-20/h5-6,9,11H,3-4,7-8,10H2,1-2H3,(H,18,21). The largest absolute Gasteiger partial charge is 0.495 e. The first-order chi connectivity index (χ1) is 11.2. The summed E-state index contributed by atoms with van der Waals surface area (Å²) in [5.74, 6) is 0.525. The maximum Gasteiger partial charge on any atom is 0.258 e. The van der Waals surface area contributed by atoms with Gasteiger partial charge in [-0.15, -0.1) is 0 Å². The number of nitrogens with zero attached hydrogens (tertiary/aromatic N) is 2. The highest BCUT2D eigenvalue weighted by molar-refractivity contribution is 7.04. The minimum absolute atomic E-state index is 0.145. The number of hydrogen-bond acceptors (Lipinski definition) is 5. The first-order valence-electron chi connectivity index (χ1n) is 7.79. The topological polar surface area (TPSA) is 54.5 Å². The number of likely N-dealkylation sites (tertiary alicyclic amines) is 1. The number of carbonyl (C=O) groups is 1. The Morgan fingerprint density at radius 2 is 2.17 bits per heavy atom. The van der Waals surface area contributed by atoms with E-state index in [9.17, 15) is 4.79 Å². The number of hydrogen-bond donors (Lipinski definition) is 1. The lowest BCUT2D eigenvalue weighted by Gasteiger charge is -2.17. The summed E-state index contributed by atoms with van der Waals surface area (Å²) in [7, 11) is 1.61. The van der Waals surface area contributed by atoms with Crippen LogP contribution in [0.15, 0.2) is 23.6 Å². The molecule has 3 rings (SSSR count). The average Bonchev–Trinajstić information content (AvgIpc) is 3.19. The summed E-state index contributed by atoms with van der Waals surface area (Å²) in [6.07, 6.45) is 2.54. The SMILES string of the molecule is COc1ccc(CN2CCCC2)cc1NC(=O)c1csnc1C. The molecule has 6 heteroatoms. The van der Waals surface area contributed by atoms with Crippen LogP contribution in [0.25, 0.3) is 0 Å². The van der Waals surface area contributed by atoms with E-state index >= 15 is 0 Å². The molecular formula is C17H21N3O2S. The van der Waals surface area contributed by atoms with Gasteiger partial charge in [0.05, 0.1) is 24.1 Å². The number of ether oxygens (including phenoxy) is 1. The van der Waals surface area contributed by atoms with Crippen LogP contribution in [0.1, 0.15) is 34.5 Å². The van der Waals surface area contributed by atoms with E-state index in [1.807, 2.05) is 19.1 Å². The molecule has 5 nitrogen and oxygen atoms in total. The molecule has 0 atom stereocenters. The van der Waals surface area contributed by atoms with Crippen molar-refractivity contribution in [2.45, 2.75) is 26.3 Å². The Morgan fingerprint density at radius 1 is 1.39 bits per heavy atom. The number of benzene rings is 1. The van der Waals surface area contributed by atoms with Gasteiger partial charge in [-0.3, -0.25) is 9.69 Å². The predicted octanol–water partition coefficient (Wildman–Crippen LogP) is 3.31. The van der Waals surface area contributed by atoms with Crippen molar-refractivity contribution < 1.29 is 9.53 Å². The first kappa shape index (κ1) is 16.0. The van der Waals surface area contributed by atoms with Gasteiger partial charge >= 0.3 is 0 Å². The second-order valence-corrected chi connectivity index (χ2v) is 6.41. The van der Waals surface area contributed by atoms with Gasteiger partial charge in [-0.1, -0.05) is 6.07 Å². The zero-order valence-corrected chi connectivity index (χ0v) is 14.3. The molecule has 0 radical (unpaired) electrons. The van der Waals surface area contributed by atoms with Gasteiger partial charge in [-0.25, -0.2) is 0 Å². The van der Waals surface area contributed by atoms with Crippen molar-refractivity contribution in [2.75, 3.05) is 25.5 Å². The van der Waals surface area contributed by atoms with Crippen molar-refractivity contribution in [1.29, 1.82) is 0 Å². The first-order valence-corrected chi connectivity index (χ1v) is 8.62. The number of anilines is 1. The maximum atomic E-state index is 12.4. The summed E-state index contributed by atoms with van der Waals surface area (Å²) in [6, 6.07) is 5.98. The number of amides is 1. The summed E-state index contributed by atoms with van der Waals surface area (Å²) >= 11 is 1.29. The van der Waals surface area contributed by atoms with Crippen molar-refractivity contribution in [2.24, 2.45) is 0 Å². The highest BCUT2D eigenvalue weighted by Gasteiger charge is 2.16. The second kappa shape index (κ2) is 7.10. The van der Waals surface area contributed by atoms with Crippen molar-refractivity contribution in [3.8, 4) is 5.75 Å². The van der Waals surface area contributed by atoms with E-state index in [2.05, 4.69) is 20.7 Å². The molecule has 1 N–H and O–H groups in total. The number of nitrogens with one attached hydrogen (secondary N) is 1. The molecule has 122 valence electrons. The number of aryl methyl sites for hydroxylation is 1. The number of rotatable bonds is 5. The molecule has 1 amide bonds. The molecule has 0 unspecified atom stereocenters. The minimum atomic E-state index is -0.145. The lowest BCUT2D eigenvalue weighted by atomic mass is 10.1. The highest BCUT2D eigenvalue weighted by Crippen LogP contribution is 2.27. The van der Waals surface area contributed by atoms with E-state index < -0.39 is 0 Å². The van der Waals surface area contributed by atoms with Crippen LogP contribution >= 0.6 is 11.5 Å². The van der Waals surface area contributed by atoms with Gasteiger partial charge in [0.1, 0.15) is 5.75 Å². The second-order valence-electron chi connectivity index (χ2n) is 5.79. The van der Waals surface area contributed by atoms with E-state index in [0.717, 1.165) is 25.3 Å². The summed E-state index contributed by atoms with van der Waals surface area (Å²) in [5.41, 5.74) is 3.25. The Hall–Kier alpha value is -1.92. The predicted molar refractivity (Wildman–Crippen MR) is 92.3 cm³/mol. The third kappa shape index (κ3) is 3.71. The van der Waals surface area contributed by atoms with Crippen LogP contribution in [0, 0.1) is 6.92 Å². The maximum absolute atomic E-state index is 12.4. The fraction of sp³-hybridized carbons (Fsp3) is 0.412. The molecule has 2 heterocycles. The van der Waals surface area contributed by atoms with Crippen LogP contribution in [-0.4, -0.2) is 35.4 Å². The van der Waals surface area contributed by atoms with Gasteiger partial charge in [0.2, 0.25) is 0 Å². The van der Waals surface area contributed by atoms with Crippen molar-refractivity contribution in [3.05, 3.63) is 40.4 Å². The van der Waals surface area contributed by atoms with Gasteiger partial charge < -0.3 is 10.1 Å². The van der Waals surface area contributed by atoms with Gasteiger partial charge in [0.15, 0.2) is 0 Å². The van der Waals surface area contributed by atoms with Crippen LogP contribution in [-0.2, 0) is 6.54 Å². The molecule has 0 bridgehead atoms. The Morgan fingerprint density at radius 3 is 2.83 bits per heavy atom. The Labute approximate surface area is 140 Å². The molecular weight excluding hydrogens is 310 g/mol. The van der Waals surface area contributed by atoms with Crippen LogP contribution < -0.4 is 10.1 Å². The van der Waals surface area contributed by atoms with Gasteiger partial charge in [-0.05, 0) is 62.1 Å². The average molecular weight is 331 g/mol. The van der Waals surface area contributed by atoms with Crippen LogP contribution in [0.3, 0.4) is 0 Å². The van der Waals surface area contributed by atoms with Crippen molar-refractivity contribution >= 4 is 23.1 Å². The molecule has 1 saturated heterocycles. The molecule has 0 spiro atoms. The van der Waals surface area contributed by atoms with Gasteiger partial charge in [-0.2, -0.15) is 4.37 Å². The quantitative estimate of drug-likeness (QED) is 0.913. The lowest BCUT2D eigenvalue weighted by molar-refractivity contribution is 0.102. The number of carbonyl (C=O) groups excluding carboxylic acids is 1. The summed E-state index contributed by atoms with van der Waals surface area (Å²) in [4.78, 5) is 14.8. The molecule has 0 saturated carbocycles. The van der Waals surface area contributed by atoms with Crippen LogP contribution in [0.5, 0.6) is 5.75 Å². The molecule has 1 aromatic heterocycles. The van der Waals surface area contributed by atoms with E-state index in [1.165, 1.54) is 29.9 Å². The summed E-state index contributed by atoms with van der Waals surface area (Å²) in [6.45, 7) is 5.04. The fourth-order valence-corrected chi connectivity index (χ4v) is 3.54. The number of aromatic nitrogens is 1. The van der Waals surface area contributed by atoms with Gasteiger partial charge in [0, 0.05) is 11.9 Å². The highest BCUT2D eigenvalue weighted by atomic mass is 32.1. The molecule has 1 aliphatic rings. The van der Waals surface area contributed by atoms with E-state index in [1.54, 1.807) is 12.5 Å². The molecule has 0 aliphatic carbocycles. The van der Waals surface area contributed by atoms with Crippen molar-refractivity contribution in [3.63, 3.8) is 0 Å². The third-order valence-electron chi connectivity index (χ3n) is 4.11. The molecule has 1 aliphatic heterocycles. The van der Waals surface area contributed by atoms with Crippen LogP contribution in [0.2, 0.25) is 0 Å². The Kier molecular flexibility index (Phi) is 4.93. The van der Waals surface area contributed by atoms with Crippen molar-refractivity contribution in [1.82, 2.24) is 9.27 Å². The smallest absolute Gasteiger partial charge is 0.258 e. The van der Waals surface area contributed by atoms with E-state index in [0.29, 0.717) is 17.0 Å². The zero-order chi connectivity index (χ0) is 16.2. The third-order valence-corrected chi connectivity index (χ3v) is 4.83. The monoisotopic (exact) mass is 331 g/mol. The van der Waals surface area contributed by atoms with E-state index in [4.69, 9.17) is 4.74 Å². The lowest BCUT2D eigenvalue weighted by Crippen LogP contribution is -2.19. The summed E-state index contributed by atoms with van der Waals surface area (Å²) < 4.78 is 9.53. The minimum Gasteiger partial charge on any atom is -0.495 e. The molecule has 2 aromatic rings. The Balaban J connectivity index is 1.78. The molecule has 1 fully saturated rings. The fourth-order valence-electron chi connectivity index (χ4n) is 2.85. The van der Waals surface area contributed by atoms with Crippen LogP contribution in [0.4, 0.5) is 5.69 Å².